The fourth-order valence-electron chi connectivity index (χ4n) is 3.77. The number of ether oxygens (including phenoxy) is 1. The van der Waals surface area contributed by atoms with Gasteiger partial charge >= 0.3 is 6.09 Å². The number of aromatic amines is 1. The molecule has 0 atom stereocenters. The van der Waals surface area contributed by atoms with Crippen molar-refractivity contribution in [3.8, 4) is 11.1 Å². The molecule has 142 valence electrons. The van der Waals surface area contributed by atoms with Gasteiger partial charge in [-0.1, -0.05) is 60.7 Å². The monoisotopic (exact) mass is 373 g/mol. The van der Waals surface area contributed by atoms with Gasteiger partial charge in [0.2, 0.25) is 0 Å². The maximum absolute atomic E-state index is 12.1. The zero-order chi connectivity index (χ0) is 19.5. The first-order valence-electron chi connectivity index (χ1n) is 9.42. The van der Waals surface area contributed by atoms with Gasteiger partial charge in [0, 0.05) is 23.7 Å². The second-order valence-electron chi connectivity index (χ2n) is 6.96. The quantitative estimate of drug-likeness (QED) is 0.688. The first-order chi connectivity index (χ1) is 13.6. The molecule has 2 aromatic carbocycles. The molecule has 28 heavy (non-hydrogen) atoms. The number of fused-ring (bicyclic) bond motifs is 3. The van der Waals surface area contributed by atoms with E-state index in [2.05, 4.69) is 39.8 Å². The molecule has 1 aliphatic rings. The Labute approximate surface area is 164 Å². The van der Waals surface area contributed by atoms with Crippen LogP contribution in [0.5, 0.6) is 0 Å². The van der Waals surface area contributed by atoms with E-state index in [4.69, 9.17) is 4.74 Å². The van der Waals surface area contributed by atoms with Crippen LogP contribution in [0.4, 0.5) is 4.79 Å². The SMILES string of the molecule is Cc1n[nH]c(C)c1C=CCNC(=O)OCC1c2ccccc2-c2ccccc21. The fourth-order valence-corrected chi connectivity index (χ4v) is 3.77. The predicted octanol–water partition coefficient (Wildman–Crippen LogP) is 4.58. The molecule has 3 aromatic rings. The normalized spacial score (nSPS) is 12.8. The van der Waals surface area contributed by atoms with Crippen LogP contribution in [0.15, 0.2) is 54.6 Å². The van der Waals surface area contributed by atoms with Gasteiger partial charge in [0.15, 0.2) is 0 Å². The van der Waals surface area contributed by atoms with Crippen molar-refractivity contribution in [2.24, 2.45) is 0 Å². The van der Waals surface area contributed by atoms with Crippen LogP contribution in [0.2, 0.25) is 0 Å². The number of nitrogens with one attached hydrogen (secondary N) is 2. The maximum atomic E-state index is 12.1. The molecule has 5 heteroatoms. The van der Waals surface area contributed by atoms with Crippen LogP contribution in [0, 0.1) is 13.8 Å². The highest BCUT2D eigenvalue weighted by Gasteiger charge is 2.28. The summed E-state index contributed by atoms with van der Waals surface area (Å²) in [7, 11) is 0. The summed E-state index contributed by atoms with van der Waals surface area (Å²) >= 11 is 0. The number of benzene rings is 2. The van der Waals surface area contributed by atoms with Crippen LogP contribution in [-0.4, -0.2) is 29.4 Å². The van der Waals surface area contributed by atoms with Gasteiger partial charge in [-0.25, -0.2) is 4.79 Å². The maximum Gasteiger partial charge on any atom is 0.407 e. The third-order valence-electron chi connectivity index (χ3n) is 5.18. The average Bonchev–Trinajstić information content (AvgIpc) is 3.21. The molecule has 0 saturated carbocycles. The topological polar surface area (TPSA) is 67.0 Å². The van der Waals surface area contributed by atoms with E-state index in [-0.39, 0.29) is 5.92 Å². The number of hydrogen-bond acceptors (Lipinski definition) is 3. The minimum Gasteiger partial charge on any atom is -0.449 e. The molecular formula is C23H23N3O2. The van der Waals surface area contributed by atoms with Crippen LogP contribution in [0.25, 0.3) is 17.2 Å². The number of hydrogen-bond donors (Lipinski definition) is 2. The fraction of sp³-hybridized carbons (Fsp3) is 0.217. The second-order valence-corrected chi connectivity index (χ2v) is 6.96. The molecule has 0 fully saturated rings. The van der Waals surface area contributed by atoms with Gasteiger partial charge in [0.25, 0.3) is 0 Å². The van der Waals surface area contributed by atoms with E-state index in [0.717, 1.165) is 17.0 Å². The molecule has 0 saturated heterocycles. The summed E-state index contributed by atoms with van der Waals surface area (Å²) in [6.45, 7) is 4.64. The first-order valence-corrected chi connectivity index (χ1v) is 9.42. The molecule has 1 aliphatic carbocycles. The third kappa shape index (κ3) is 3.43. The van der Waals surface area contributed by atoms with E-state index in [1.165, 1.54) is 22.3 Å². The van der Waals surface area contributed by atoms with Crippen molar-refractivity contribution < 1.29 is 9.53 Å². The van der Waals surface area contributed by atoms with Crippen molar-refractivity contribution in [3.05, 3.63) is 82.7 Å². The smallest absolute Gasteiger partial charge is 0.407 e. The van der Waals surface area contributed by atoms with Crippen LogP contribution >= 0.6 is 0 Å². The first kappa shape index (κ1) is 18.0. The van der Waals surface area contributed by atoms with Crippen LogP contribution in [0.1, 0.15) is 34.0 Å². The lowest BCUT2D eigenvalue weighted by Crippen LogP contribution is -2.26. The average molecular weight is 373 g/mol. The molecule has 2 N–H and O–H groups in total. The van der Waals surface area contributed by atoms with Crippen LogP contribution in [-0.2, 0) is 4.74 Å². The summed E-state index contributed by atoms with van der Waals surface area (Å²) < 4.78 is 5.52. The van der Waals surface area contributed by atoms with E-state index in [0.29, 0.717) is 13.2 Å². The zero-order valence-corrected chi connectivity index (χ0v) is 16.0. The van der Waals surface area contributed by atoms with Gasteiger partial charge in [0.1, 0.15) is 6.61 Å². The highest BCUT2D eigenvalue weighted by Crippen LogP contribution is 2.44. The lowest BCUT2D eigenvalue weighted by Gasteiger charge is -2.14. The largest absolute Gasteiger partial charge is 0.449 e. The van der Waals surface area contributed by atoms with E-state index >= 15 is 0 Å². The van der Waals surface area contributed by atoms with Crippen molar-refractivity contribution in [2.45, 2.75) is 19.8 Å². The van der Waals surface area contributed by atoms with Crippen molar-refractivity contribution in [1.82, 2.24) is 15.5 Å². The zero-order valence-electron chi connectivity index (χ0n) is 16.0. The number of alkyl carbamates (subject to hydrolysis) is 1. The van der Waals surface area contributed by atoms with Gasteiger partial charge in [-0.05, 0) is 36.1 Å². The highest BCUT2D eigenvalue weighted by molar-refractivity contribution is 5.79. The van der Waals surface area contributed by atoms with E-state index < -0.39 is 6.09 Å². The lowest BCUT2D eigenvalue weighted by atomic mass is 9.98. The van der Waals surface area contributed by atoms with Crippen LogP contribution in [0.3, 0.4) is 0 Å². The number of H-pyrrole nitrogens is 1. The number of rotatable bonds is 5. The summed E-state index contributed by atoms with van der Waals surface area (Å²) in [6.07, 6.45) is 3.44. The summed E-state index contributed by atoms with van der Waals surface area (Å²) in [6, 6.07) is 16.6. The van der Waals surface area contributed by atoms with Crippen LogP contribution < -0.4 is 5.32 Å². The number of aromatic nitrogens is 2. The molecule has 0 spiro atoms. The molecule has 1 aromatic heterocycles. The minimum absolute atomic E-state index is 0.0740. The van der Waals surface area contributed by atoms with E-state index in [1.54, 1.807) is 0 Å². The Morgan fingerprint density at radius 3 is 2.36 bits per heavy atom. The number of carbonyl (C=O) groups excluding carboxylic acids is 1. The molecule has 0 aliphatic heterocycles. The molecule has 0 radical (unpaired) electrons. The molecule has 5 nitrogen and oxygen atoms in total. The van der Waals surface area contributed by atoms with Gasteiger partial charge < -0.3 is 10.1 Å². The summed E-state index contributed by atoms with van der Waals surface area (Å²) in [5.41, 5.74) is 7.87. The van der Waals surface area contributed by atoms with E-state index in [9.17, 15) is 4.79 Å². The molecule has 0 bridgehead atoms. The molecular weight excluding hydrogens is 350 g/mol. The summed E-state index contributed by atoms with van der Waals surface area (Å²) in [5, 5.41) is 9.87. The van der Waals surface area contributed by atoms with Gasteiger partial charge in [-0.15, -0.1) is 0 Å². The molecule has 4 rings (SSSR count). The number of amides is 1. The molecule has 1 amide bonds. The Hall–Kier alpha value is -3.34. The Morgan fingerprint density at radius 1 is 1.11 bits per heavy atom. The number of carbonyl (C=O) groups is 1. The van der Waals surface area contributed by atoms with Gasteiger partial charge in [-0.3, -0.25) is 5.10 Å². The van der Waals surface area contributed by atoms with E-state index in [1.807, 2.05) is 50.3 Å². The number of aryl methyl sites for hydroxylation is 2. The summed E-state index contributed by atoms with van der Waals surface area (Å²) in [4.78, 5) is 12.1. The highest BCUT2D eigenvalue weighted by atomic mass is 16.5. The van der Waals surface area contributed by atoms with Crippen molar-refractivity contribution in [1.29, 1.82) is 0 Å². The van der Waals surface area contributed by atoms with Gasteiger partial charge in [0.05, 0.1) is 5.69 Å². The Balaban J connectivity index is 1.35. The molecule has 1 heterocycles. The van der Waals surface area contributed by atoms with Crippen molar-refractivity contribution in [3.63, 3.8) is 0 Å². The van der Waals surface area contributed by atoms with Gasteiger partial charge in [-0.2, -0.15) is 5.10 Å². The second kappa shape index (κ2) is 7.72. The summed E-state index contributed by atoms with van der Waals surface area (Å²) in [5.74, 6) is 0.0740. The minimum atomic E-state index is -0.410. The Bertz CT molecular complexity index is 971. The number of nitrogens with zero attached hydrogens (tertiary/aromatic N) is 1. The standard InChI is InChI=1S/C23H23N3O2/c1-15-17(16(2)26-25-15)12-7-13-24-23(27)28-14-22-20-10-5-3-8-18(20)19-9-4-6-11-21(19)22/h3-12,22H,13-14H2,1-2H3,(H,24,27)(H,25,26). The lowest BCUT2D eigenvalue weighted by molar-refractivity contribution is 0.144. The Morgan fingerprint density at radius 2 is 1.75 bits per heavy atom. The molecule has 0 unspecified atom stereocenters. The Kier molecular flexibility index (Phi) is 4.98. The third-order valence-corrected chi connectivity index (χ3v) is 5.18. The van der Waals surface area contributed by atoms with Crippen molar-refractivity contribution >= 4 is 12.2 Å². The predicted molar refractivity (Wildman–Crippen MR) is 110 cm³/mol. The van der Waals surface area contributed by atoms with Crippen molar-refractivity contribution in [2.75, 3.05) is 13.2 Å².